The van der Waals surface area contributed by atoms with Crippen LogP contribution in [0.2, 0.25) is 0 Å². The second kappa shape index (κ2) is 5.83. The Morgan fingerprint density at radius 1 is 1.28 bits per heavy atom. The fraction of sp³-hybridized carbons (Fsp3) is 0.400. The molecule has 0 bridgehead atoms. The smallest absolute Gasteiger partial charge is 0.118 e. The number of aromatic nitrogens is 1. The number of hydrogen-bond acceptors (Lipinski definition) is 3. The first kappa shape index (κ1) is 12.8. The predicted molar refractivity (Wildman–Crippen MR) is 72.2 cm³/mol. The lowest BCUT2D eigenvalue weighted by Gasteiger charge is -2.23. The van der Waals surface area contributed by atoms with Crippen LogP contribution in [0, 0.1) is 0 Å². The second-order valence-corrected chi connectivity index (χ2v) is 4.60. The number of furan rings is 1. The molecular formula is C15H20N2O. The van der Waals surface area contributed by atoms with Crippen LogP contribution < -0.4 is 0 Å². The summed E-state index contributed by atoms with van der Waals surface area (Å²) in [5, 5.41) is 0. The molecule has 1 atom stereocenters. The molecule has 1 unspecified atom stereocenters. The summed E-state index contributed by atoms with van der Waals surface area (Å²) < 4.78 is 5.73. The van der Waals surface area contributed by atoms with Gasteiger partial charge in [-0.25, -0.2) is 0 Å². The molecular weight excluding hydrogens is 224 g/mol. The van der Waals surface area contributed by atoms with Gasteiger partial charge >= 0.3 is 0 Å². The number of rotatable bonds is 5. The molecule has 0 saturated carbocycles. The fourth-order valence-corrected chi connectivity index (χ4v) is 1.96. The van der Waals surface area contributed by atoms with Gasteiger partial charge in [-0.3, -0.25) is 9.88 Å². The molecule has 0 aliphatic rings. The van der Waals surface area contributed by atoms with Crippen LogP contribution in [0.15, 0.2) is 41.1 Å². The van der Waals surface area contributed by atoms with E-state index in [-0.39, 0.29) is 0 Å². The minimum atomic E-state index is 0.328. The largest absolute Gasteiger partial charge is 0.465 e. The van der Waals surface area contributed by atoms with Crippen LogP contribution in [-0.2, 0) is 13.0 Å². The topological polar surface area (TPSA) is 29.3 Å². The summed E-state index contributed by atoms with van der Waals surface area (Å²) >= 11 is 0. The molecule has 18 heavy (non-hydrogen) atoms. The molecule has 0 amide bonds. The summed E-state index contributed by atoms with van der Waals surface area (Å²) in [6.07, 6.45) is 4.67. The maximum Gasteiger partial charge on any atom is 0.118 e. The van der Waals surface area contributed by atoms with Gasteiger partial charge in [0.2, 0.25) is 0 Å². The zero-order valence-electron chi connectivity index (χ0n) is 11.3. The summed E-state index contributed by atoms with van der Waals surface area (Å²) in [5.41, 5.74) is 1.22. The molecule has 2 heterocycles. The SMILES string of the molecule is CCc1ccc(CN(C)C(C)c2cccnc2)o1. The Balaban J connectivity index is 2.01. The van der Waals surface area contributed by atoms with E-state index in [1.165, 1.54) is 5.56 Å². The molecule has 0 spiro atoms. The van der Waals surface area contributed by atoms with Crippen LogP contribution in [0.4, 0.5) is 0 Å². The van der Waals surface area contributed by atoms with Crippen molar-refractivity contribution in [2.45, 2.75) is 32.9 Å². The van der Waals surface area contributed by atoms with Crippen molar-refractivity contribution >= 4 is 0 Å². The Bertz CT molecular complexity index is 478. The molecule has 2 aromatic heterocycles. The van der Waals surface area contributed by atoms with Crippen LogP contribution in [0.1, 0.15) is 37.0 Å². The minimum Gasteiger partial charge on any atom is -0.465 e. The molecule has 0 aromatic carbocycles. The van der Waals surface area contributed by atoms with E-state index in [4.69, 9.17) is 4.42 Å². The van der Waals surface area contributed by atoms with Gasteiger partial charge in [0.25, 0.3) is 0 Å². The third-order valence-electron chi connectivity index (χ3n) is 3.30. The van der Waals surface area contributed by atoms with Crippen molar-refractivity contribution in [3.8, 4) is 0 Å². The fourth-order valence-electron chi connectivity index (χ4n) is 1.96. The zero-order valence-corrected chi connectivity index (χ0v) is 11.3. The van der Waals surface area contributed by atoms with Crippen molar-refractivity contribution in [2.75, 3.05) is 7.05 Å². The molecule has 0 aliphatic carbocycles. The highest BCUT2D eigenvalue weighted by Gasteiger charge is 2.13. The molecule has 0 N–H and O–H groups in total. The van der Waals surface area contributed by atoms with Crippen LogP contribution in [0.25, 0.3) is 0 Å². The maximum absolute atomic E-state index is 5.73. The normalized spacial score (nSPS) is 12.9. The van der Waals surface area contributed by atoms with Gasteiger partial charge in [0.05, 0.1) is 6.54 Å². The number of aryl methyl sites for hydroxylation is 1. The summed E-state index contributed by atoms with van der Waals surface area (Å²) in [6.45, 7) is 5.10. The highest BCUT2D eigenvalue weighted by molar-refractivity contribution is 5.13. The molecule has 96 valence electrons. The molecule has 0 saturated heterocycles. The highest BCUT2D eigenvalue weighted by Crippen LogP contribution is 2.20. The van der Waals surface area contributed by atoms with Gasteiger partial charge in [0.1, 0.15) is 11.5 Å². The van der Waals surface area contributed by atoms with E-state index in [0.717, 1.165) is 24.5 Å². The molecule has 0 aliphatic heterocycles. The Hall–Kier alpha value is -1.61. The monoisotopic (exact) mass is 244 g/mol. The van der Waals surface area contributed by atoms with Gasteiger partial charge in [-0.15, -0.1) is 0 Å². The zero-order chi connectivity index (χ0) is 13.0. The average Bonchev–Trinajstić information content (AvgIpc) is 2.86. The Morgan fingerprint density at radius 3 is 2.67 bits per heavy atom. The number of pyridine rings is 1. The summed E-state index contributed by atoms with van der Waals surface area (Å²) in [7, 11) is 2.10. The summed E-state index contributed by atoms with van der Waals surface area (Å²) in [5.74, 6) is 2.07. The van der Waals surface area contributed by atoms with E-state index in [0.29, 0.717) is 6.04 Å². The van der Waals surface area contributed by atoms with Gasteiger partial charge in [-0.05, 0) is 37.7 Å². The molecule has 2 rings (SSSR count). The second-order valence-electron chi connectivity index (χ2n) is 4.60. The Morgan fingerprint density at radius 2 is 2.06 bits per heavy atom. The van der Waals surface area contributed by atoms with Crippen LogP contribution in [-0.4, -0.2) is 16.9 Å². The van der Waals surface area contributed by atoms with Crippen molar-refractivity contribution < 1.29 is 4.42 Å². The van der Waals surface area contributed by atoms with Crippen molar-refractivity contribution in [3.05, 3.63) is 53.7 Å². The Labute approximate surface area is 108 Å². The van der Waals surface area contributed by atoms with E-state index in [1.807, 2.05) is 12.3 Å². The minimum absolute atomic E-state index is 0.328. The first-order valence-corrected chi connectivity index (χ1v) is 6.38. The van der Waals surface area contributed by atoms with Crippen molar-refractivity contribution in [1.82, 2.24) is 9.88 Å². The lowest BCUT2D eigenvalue weighted by molar-refractivity contribution is 0.230. The molecule has 3 nitrogen and oxygen atoms in total. The van der Waals surface area contributed by atoms with Gasteiger partial charge in [-0.2, -0.15) is 0 Å². The van der Waals surface area contributed by atoms with Crippen LogP contribution in [0.3, 0.4) is 0 Å². The van der Waals surface area contributed by atoms with Crippen molar-refractivity contribution in [2.24, 2.45) is 0 Å². The first-order chi connectivity index (χ1) is 8.70. The van der Waals surface area contributed by atoms with Gasteiger partial charge in [0, 0.05) is 24.9 Å². The standard InChI is InChI=1S/C15H20N2O/c1-4-14-7-8-15(18-14)11-17(3)12(2)13-6-5-9-16-10-13/h5-10,12H,4,11H2,1-3H3. The van der Waals surface area contributed by atoms with Crippen LogP contribution >= 0.6 is 0 Å². The van der Waals surface area contributed by atoms with Crippen molar-refractivity contribution in [3.63, 3.8) is 0 Å². The molecule has 3 heteroatoms. The van der Waals surface area contributed by atoms with E-state index in [1.54, 1.807) is 6.20 Å². The first-order valence-electron chi connectivity index (χ1n) is 6.38. The van der Waals surface area contributed by atoms with E-state index >= 15 is 0 Å². The van der Waals surface area contributed by atoms with Gasteiger partial charge in [-0.1, -0.05) is 13.0 Å². The highest BCUT2D eigenvalue weighted by atomic mass is 16.3. The predicted octanol–water partition coefficient (Wildman–Crippen LogP) is 3.43. The van der Waals surface area contributed by atoms with E-state index in [2.05, 4.69) is 49.0 Å². The Kier molecular flexibility index (Phi) is 4.15. The summed E-state index contributed by atoms with van der Waals surface area (Å²) in [4.78, 5) is 6.42. The van der Waals surface area contributed by atoms with Crippen molar-refractivity contribution in [1.29, 1.82) is 0 Å². The lowest BCUT2D eigenvalue weighted by Crippen LogP contribution is -2.21. The number of hydrogen-bond donors (Lipinski definition) is 0. The third kappa shape index (κ3) is 2.99. The van der Waals surface area contributed by atoms with E-state index in [9.17, 15) is 0 Å². The average molecular weight is 244 g/mol. The molecule has 0 radical (unpaired) electrons. The molecule has 2 aromatic rings. The third-order valence-corrected chi connectivity index (χ3v) is 3.30. The quantitative estimate of drug-likeness (QED) is 0.807. The van der Waals surface area contributed by atoms with Gasteiger partial charge < -0.3 is 4.42 Å². The van der Waals surface area contributed by atoms with E-state index < -0.39 is 0 Å². The van der Waals surface area contributed by atoms with Gasteiger partial charge in [0.15, 0.2) is 0 Å². The summed E-state index contributed by atoms with van der Waals surface area (Å²) in [6, 6.07) is 8.52. The van der Waals surface area contributed by atoms with Crippen LogP contribution in [0.5, 0.6) is 0 Å². The molecule has 0 fully saturated rings. The maximum atomic E-state index is 5.73. The number of nitrogens with zero attached hydrogens (tertiary/aromatic N) is 2. The lowest BCUT2D eigenvalue weighted by atomic mass is 10.1.